The second kappa shape index (κ2) is 8.96. The number of allylic oxidation sites excluding steroid dienone is 1. The highest BCUT2D eigenvalue weighted by molar-refractivity contribution is 7.99. The fourth-order valence-corrected chi connectivity index (χ4v) is 2.10. The van der Waals surface area contributed by atoms with Gasteiger partial charge in [-0.25, -0.2) is 0 Å². The zero-order chi connectivity index (χ0) is 12.7. The second-order valence-electron chi connectivity index (χ2n) is 3.18. The molecule has 0 saturated carbocycles. The maximum Gasteiger partial charge on any atom is 0.306 e. The van der Waals surface area contributed by atoms with Crippen molar-refractivity contribution in [2.45, 2.75) is 24.7 Å². The summed E-state index contributed by atoms with van der Waals surface area (Å²) in [7, 11) is 1.37. The molecule has 0 radical (unpaired) electrons. The lowest BCUT2D eigenvalue weighted by Crippen LogP contribution is -2.09. The summed E-state index contributed by atoms with van der Waals surface area (Å²) in [5.74, 6) is 1.09. The third kappa shape index (κ3) is 4.67. The third-order valence-corrected chi connectivity index (χ3v) is 3.02. The third-order valence-electron chi connectivity index (χ3n) is 2.05. The van der Waals surface area contributed by atoms with Gasteiger partial charge in [0.05, 0.1) is 20.1 Å². The van der Waals surface area contributed by atoms with Crippen molar-refractivity contribution < 1.29 is 9.53 Å². The van der Waals surface area contributed by atoms with Gasteiger partial charge in [-0.3, -0.25) is 4.79 Å². The normalized spacial score (nSPS) is 9.67. The minimum Gasteiger partial charge on any atom is -0.469 e. The number of esters is 1. The van der Waals surface area contributed by atoms with Crippen LogP contribution >= 0.6 is 24.2 Å². The van der Waals surface area contributed by atoms with Gasteiger partial charge >= 0.3 is 5.97 Å². The van der Waals surface area contributed by atoms with Crippen LogP contribution in [-0.2, 0) is 22.6 Å². The first-order valence-corrected chi connectivity index (χ1v) is 6.14. The molecule has 102 valence electrons. The van der Waals surface area contributed by atoms with E-state index in [1.165, 1.54) is 18.9 Å². The number of rotatable bonds is 7. The zero-order valence-electron chi connectivity index (χ0n) is 10.2. The molecule has 1 rings (SSSR count). The number of hydrogen-bond donors (Lipinski definition) is 1. The van der Waals surface area contributed by atoms with Crippen molar-refractivity contribution >= 4 is 30.1 Å². The Morgan fingerprint density at radius 1 is 1.61 bits per heavy atom. The van der Waals surface area contributed by atoms with Crippen molar-refractivity contribution in [1.29, 1.82) is 0 Å². The molecule has 2 N–H and O–H groups in total. The molecule has 0 saturated heterocycles. The van der Waals surface area contributed by atoms with Crippen LogP contribution in [0.2, 0.25) is 0 Å². The number of aromatic nitrogens is 3. The van der Waals surface area contributed by atoms with E-state index in [4.69, 9.17) is 5.73 Å². The average molecular weight is 293 g/mol. The number of methoxy groups -OCH3 is 1. The van der Waals surface area contributed by atoms with Crippen LogP contribution in [0.1, 0.15) is 12.2 Å². The van der Waals surface area contributed by atoms with Crippen LogP contribution in [0.5, 0.6) is 0 Å². The highest BCUT2D eigenvalue weighted by atomic mass is 35.5. The Bertz CT molecular complexity index is 397. The smallest absolute Gasteiger partial charge is 0.306 e. The molecular formula is C10H17ClN4O2S. The molecule has 6 nitrogen and oxygen atoms in total. The molecule has 0 amide bonds. The lowest BCUT2D eigenvalue weighted by atomic mass is 10.5. The number of nitrogens with zero attached hydrogens (tertiary/aromatic N) is 3. The predicted octanol–water partition coefficient (Wildman–Crippen LogP) is 1.000. The fourth-order valence-electron chi connectivity index (χ4n) is 1.22. The summed E-state index contributed by atoms with van der Waals surface area (Å²) in [4.78, 5) is 11.0. The van der Waals surface area contributed by atoms with Gasteiger partial charge in [-0.15, -0.1) is 29.2 Å². The predicted molar refractivity (Wildman–Crippen MR) is 72.7 cm³/mol. The van der Waals surface area contributed by atoms with E-state index in [-0.39, 0.29) is 18.4 Å². The van der Waals surface area contributed by atoms with E-state index in [0.717, 1.165) is 5.16 Å². The van der Waals surface area contributed by atoms with Crippen LogP contribution in [0.4, 0.5) is 0 Å². The molecule has 18 heavy (non-hydrogen) atoms. The minimum atomic E-state index is -0.230. The van der Waals surface area contributed by atoms with E-state index < -0.39 is 0 Å². The molecule has 0 unspecified atom stereocenters. The zero-order valence-corrected chi connectivity index (χ0v) is 11.8. The lowest BCUT2D eigenvalue weighted by Gasteiger charge is -2.05. The molecule has 0 aliphatic heterocycles. The van der Waals surface area contributed by atoms with Crippen molar-refractivity contribution in [1.82, 2.24) is 14.8 Å². The Kier molecular flexibility index (Phi) is 8.43. The van der Waals surface area contributed by atoms with E-state index in [1.807, 2.05) is 4.57 Å². The Morgan fingerprint density at radius 2 is 2.33 bits per heavy atom. The molecule has 0 bridgehead atoms. The van der Waals surface area contributed by atoms with Crippen molar-refractivity contribution in [3.05, 3.63) is 18.5 Å². The van der Waals surface area contributed by atoms with Crippen LogP contribution in [-0.4, -0.2) is 33.6 Å². The van der Waals surface area contributed by atoms with Crippen LogP contribution < -0.4 is 5.73 Å². The molecule has 8 heteroatoms. The first-order valence-electron chi connectivity index (χ1n) is 5.15. The molecule has 0 aromatic carbocycles. The van der Waals surface area contributed by atoms with Crippen LogP contribution in [0, 0.1) is 0 Å². The monoisotopic (exact) mass is 292 g/mol. The summed E-state index contributed by atoms with van der Waals surface area (Å²) in [6, 6.07) is 0. The van der Waals surface area contributed by atoms with Gasteiger partial charge in [0.1, 0.15) is 5.82 Å². The van der Waals surface area contributed by atoms with E-state index in [0.29, 0.717) is 31.1 Å². The Balaban J connectivity index is 0.00000289. The maximum atomic E-state index is 11.0. The largest absolute Gasteiger partial charge is 0.469 e. The quantitative estimate of drug-likeness (QED) is 0.459. The summed E-state index contributed by atoms with van der Waals surface area (Å²) in [6.07, 6.45) is 2.10. The second-order valence-corrected chi connectivity index (χ2v) is 4.24. The maximum absolute atomic E-state index is 11.0. The van der Waals surface area contributed by atoms with Gasteiger partial charge in [0.2, 0.25) is 0 Å². The molecule has 1 aromatic heterocycles. The van der Waals surface area contributed by atoms with Gasteiger partial charge in [0, 0.05) is 12.3 Å². The number of thioether (sulfide) groups is 1. The average Bonchev–Trinajstić information content (AvgIpc) is 2.72. The van der Waals surface area contributed by atoms with Gasteiger partial charge in [-0.05, 0) is 0 Å². The summed E-state index contributed by atoms with van der Waals surface area (Å²) < 4.78 is 6.44. The molecule has 0 aliphatic carbocycles. The van der Waals surface area contributed by atoms with Gasteiger partial charge in [0.15, 0.2) is 5.16 Å². The van der Waals surface area contributed by atoms with Crippen molar-refractivity contribution in [3.8, 4) is 0 Å². The fraction of sp³-hybridized carbons (Fsp3) is 0.500. The molecular weight excluding hydrogens is 276 g/mol. The van der Waals surface area contributed by atoms with Crippen LogP contribution in [0.25, 0.3) is 0 Å². The number of halogens is 1. The van der Waals surface area contributed by atoms with Crippen molar-refractivity contribution in [2.24, 2.45) is 5.73 Å². The van der Waals surface area contributed by atoms with Gasteiger partial charge in [-0.2, -0.15) is 0 Å². The van der Waals surface area contributed by atoms with Gasteiger partial charge < -0.3 is 15.0 Å². The number of hydrogen-bond acceptors (Lipinski definition) is 6. The molecule has 0 atom stereocenters. The SMILES string of the molecule is C=CCn1c(CN)nnc1SCCC(=O)OC.Cl. The molecule has 0 aliphatic rings. The van der Waals surface area contributed by atoms with Crippen molar-refractivity contribution in [3.63, 3.8) is 0 Å². The highest BCUT2D eigenvalue weighted by Gasteiger charge is 2.10. The number of carbonyl (C=O) groups excluding carboxylic acids is 1. The number of ether oxygens (including phenoxy) is 1. The van der Waals surface area contributed by atoms with E-state index >= 15 is 0 Å². The lowest BCUT2D eigenvalue weighted by molar-refractivity contribution is -0.140. The number of carbonyl (C=O) groups is 1. The Hall–Kier alpha value is -1.05. The van der Waals surface area contributed by atoms with Crippen LogP contribution in [0.3, 0.4) is 0 Å². The first kappa shape index (κ1) is 16.9. The molecule has 1 heterocycles. The van der Waals surface area contributed by atoms with Crippen LogP contribution in [0.15, 0.2) is 17.8 Å². The Labute approximate surface area is 116 Å². The highest BCUT2D eigenvalue weighted by Crippen LogP contribution is 2.18. The van der Waals surface area contributed by atoms with Crippen molar-refractivity contribution in [2.75, 3.05) is 12.9 Å². The summed E-state index contributed by atoms with van der Waals surface area (Å²) in [5.41, 5.74) is 5.55. The summed E-state index contributed by atoms with van der Waals surface area (Å²) >= 11 is 1.45. The molecule has 0 spiro atoms. The summed E-state index contributed by atoms with van der Waals surface area (Å²) in [6.45, 7) is 4.62. The Morgan fingerprint density at radius 3 is 2.89 bits per heavy atom. The molecule has 0 fully saturated rings. The minimum absolute atomic E-state index is 0. The topological polar surface area (TPSA) is 83.0 Å². The van der Waals surface area contributed by atoms with E-state index in [9.17, 15) is 4.79 Å². The number of nitrogens with two attached hydrogens (primary N) is 1. The summed E-state index contributed by atoms with van der Waals surface area (Å²) in [5, 5.41) is 8.74. The van der Waals surface area contributed by atoms with Gasteiger partial charge in [0.25, 0.3) is 0 Å². The first-order chi connectivity index (χ1) is 8.22. The van der Waals surface area contributed by atoms with E-state index in [1.54, 1.807) is 6.08 Å². The molecule has 1 aromatic rings. The van der Waals surface area contributed by atoms with Gasteiger partial charge in [-0.1, -0.05) is 17.8 Å². The standard InChI is InChI=1S/C10H16N4O2S.ClH/c1-3-5-14-8(7-11)12-13-10(14)17-6-4-9(15)16-2;/h3H,1,4-7,11H2,2H3;1H. The van der Waals surface area contributed by atoms with E-state index in [2.05, 4.69) is 21.5 Å².